The van der Waals surface area contributed by atoms with Crippen LogP contribution < -0.4 is 0 Å². The summed E-state index contributed by atoms with van der Waals surface area (Å²) in [6, 6.07) is 0. The third kappa shape index (κ3) is 593. The van der Waals surface area contributed by atoms with Crippen LogP contribution in [0.15, 0.2) is 0 Å². The van der Waals surface area contributed by atoms with Gasteiger partial charge < -0.3 is 5.48 Å². The van der Waals surface area contributed by atoms with Gasteiger partial charge in [0.15, 0.2) is 0 Å². The Hall–Kier alpha value is 0.278. The summed E-state index contributed by atoms with van der Waals surface area (Å²) in [6.45, 7) is 0. The molecule has 0 heterocycles. The molecule has 40 valence electrons. The van der Waals surface area contributed by atoms with E-state index in [1.807, 2.05) is 0 Å². The molecular formula is C2H9AsO3. The summed E-state index contributed by atoms with van der Waals surface area (Å²) in [4.78, 5) is 0. The van der Waals surface area contributed by atoms with Gasteiger partial charge in [0.2, 0.25) is 0 Å². The molecule has 0 radical (unpaired) electrons. The minimum atomic E-state index is -3.12. The van der Waals surface area contributed by atoms with Crippen molar-refractivity contribution < 1.29 is 13.3 Å². The van der Waals surface area contributed by atoms with E-state index in [0.717, 1.165) is 0 Å². The van der Waals surface area contributed by atoms with Crippen molar-refractivity contribution in [3.63, 3.8) is 0 Å². The monoisotopic (exact) mass is 156 g/mol. The van der Waals surface area contributed by atoms with Crippen molar-refractivity contribution in [1.82, 2.24) is 0 Å². The molecule has 3 nitrogen and oxygen atoms in total. The molecule has 0 aliphatic heterocycles. The first-order valence-electron chi connectivity index (χ1n) is 1.28. The van der Waals surface area contributed by atoms with Crippen LogP contribution >= 0.6 is 0 Å². The molecule has 0 aliphatic carbocycles. The summed E-state index contributed by atoms with van der Waals surface area (Å²) >= 11 is -3.12. The Bertz CT molecular complexity index is 54.9. The number of hydrogen-bond acceptors (Lipinski definition) is 1. The fraction of sp³-hybridized carbons (Fsp3) is 1.00. The Kier molecular flexibility index (Phi) is 3.90. The van der Waals surface area contributed by atoms with Crippen molar-refractivity contribution in [1.29, 1.82) is 0 Å². The van der Waals surface area contributed by atoms with Crippen LogP contribution in [0.3, 0.4) is 0 Å². The predicted octanol–water partition coefficient (Wildman–Crippen LogP) is -0.714. The molecule has 0 amide bonds. The van der Waals surface area contributed by atoms with E-state index >= 15 is 0 Å². The van der Waals surface area contributed by atoms with Crippen molar-refractivity contribution in [2.75, 3.05) is 0 Å². The maximum absolute atomic E-state index is 9.83. The molecule has 0 unspecified atom stereocenters. The first-order valence-corrected chi connectivity index (χ1v) is 6.64. The van der Waals surface area contributed by atoms with E-state index in [4.69, 9.17) is 4.10 Å². The molecule has 0 aromatic heterocycles. The topological polar surface area (TPSA) is 68.8 Å². The molecular weight excluding hydrogens is 147 g/mol. The molecule has 4 heteroatoms. The van der Waals surface area contributed by atoms with Crippen LogP contribution in [-0.4, -0.2) is 23.4 Å². The van der Waals surface area contributed by atoms with E-state index in [9.17, 15) is 3.74 Å². The zero-order valence-electron chi connectivity index (χ0n) is 3.80. The van der Waals surface area contributed by atoms with Crippen LogP contribution in [0.2, 0.25) is 11.4 Å². The minimum Gasteiger partial charge on any atom is -0.412 e. The second-order valence-electron chi connectivity index (χ2n) is 1.29. The Morgan fingerprint density at radius 2 is 1.50 bits per heavy atom. The smallest absolute Gasteiger partial charge is 0.412 e. The van der Waals surface area contributed by atoms with E-state index in [-0.39, 0.29) is 5.48 Å². The molecule has 0 saturated carbocycles. The maximum atomic E-state index is 9.83. The van der Waals surface area contributed by atoms with E-state index in [1.54, 1.807) is 0 Å². The molecule has 0 aliphatic rings. The first-order chi connectivity index (χ1) is 2.00. The standard InChI is InChI=1S/C2H7AsO2.H2O/c1-3(2,4)5;/h1-2H3,(H,4,5);1H2. The molecule has 0 rings (SSSR count). The van der Waals surface area contributed by atoms with Gasteiger partial charge in [0.25, 0.3) is 0 Å². The molecule has 0 saturated heterocycles. The van der Waals surface area contributed by atoms with Gasteiger partial charge >= 0.3 is 33.1 Å². The van der Waals surface area contributed by atoms with Gasteiger partial charge in [0.05, 0.1) is 0 Å². The van der Waals surface area contributed by atoms with Gasteiger partial charge in [-0.2, -0.15) is 0 Å². The summed E-state index contributed by atoms with van der Waals surface area (Å²) in [7, 11) is 0. The van der Waals surface area contributed by atoms with Gasteiger partial charge in [-0.1, -0.05) is 0 Å². The summed E-state index contributed by atoms with van der Waals surface area (Å²) in [5, 5.41) is 0. The summed E-state index contributed by atoms with van der Waals surface area (Å²) in [5.74, 6) is 0. The molecule has 0 atom stereocenters. The molecule has 0 bridgehead atoms. The molecule has 0 fully saturated rings. The first kappa shape index (κ1) is 9.56. The molecule has 0 aromatic rings. The van der Waals surface area contributed by atoms with Gasteiger partial charge in [-0.3, -0.25) is 0 Å². The molecule has 0 aromatic carbocycles. The van der Waals surface area contributed by atoms with Crippen LogP contribution in [0.5, 0.6) is 0 Å². The third-order valence-corrected chi connectivity index (χ3v) is 0. The van der Waals surface area contributed by atoms with Crippen molar-refractivity contribution in [3.05, 3.63) is 0 Å². The normalized spacial score (nSPS) is 9.83. The molecule has 0 spiro atoms. The van der Waals surface area contributed by atoms with Crippen LogP contribution in [-0.2, 0) is 3.74 Å². The average Bonchev–Trinajstić information content (AvgIpc) is 0.722. The van der Waals surface area contributed by atoms with Crippen LogP contribution in [0, 0.1) is 0 Å². The van der Waals surface area contributed by atoms with Gasteiger partial charge in [0, 0.05) is 0 Å². The van der Waals surface area contributed by atoms with Crippen molar-refractivity contribution in [2.45, 2.75) is 11.4 Å². The quantitative estimate of drug-likeness (QED) is 0.470. The van der Waals surface area contributed by atoms with E-state index in [0.29, 0.717) is 0 Å². The predicted molar refractivity (Wildman–Crippen MR) is 24.0 cm³/mol. The second kappa shape index (κ2) is 2.45. The van der Waals surface area contributed by atoms with Crippen molar-refractivity contribution in [3.8, 4) is 0 Å². The van der Waals surface area contributed by atoms with Gasteiger partial charge in [-0.05, 0) is 0 Å². The van der Waals surface area contributed by atoms with E-state index < -0.39 is 13.8 Å². The zero-order valence-corrected chi connectivity index (χ0v) is 5.68. The van der Waals surface area contributed by atoms with E-state index in [1.165, 1.54) is 11.4 Å². The summed E-state index contributed by atoms with van der Waals surface area (Å²) in [6.07, 6.45) is 0. The Labute approximate surface area is 39.3 Å². The Morgan fingerprint density at radius 1 is 1.50 bits per heavy atom. The fourth-order valence-corrected chi connectivity index (χ4v) is 0. The molecule has 6 heavy (non-hydrogen) atoms. The number of rotatable bonds is 0. The van der Waals surface area contributed by atoms with Crippen LogP contribution in [0.1, 0.15) is 0 Å². The maximum Gasteiger partial charge on any atom is -0.412 e. The zero-order chi connectivity index (χ0) is 4.50. The Morgan fingerprint density at radius 3 is 1.50 bits per heavy atom. The minimum absolute atomic E-state index is 0. The SMILES string of the molecule is C[As](C)(=O)O.O. The van der Waals surface area contributed by atoms with Gasteiger partial charge in [-0.25, -0.2) is 0 Å². The average molecular weight is 156 g/mol. The van der Waals surface area contributed by atoms with Crippen molar-refractivity contribution in [2.24, 2.45) is 0 Å². The van der Waals surface area contributed by atoms with Crippen LogP contribution in [0.4, 0.5) is 0 Å². The third-order valence-electron chi connectivity index (χ3n) is 0. The number of hydrogen-bond donors (Lipinski definition) is 1. The van der Waals surface area contributed by atoms with E-state index in [2.05, 4.69) is 0 Å². The van der Waals surface area contributed by atoms with Crippen LogP contribution in [0.25, 0.3) is 0 Å². The van der Waals surface area contributed by atoms with Gasteiger partial charge in [0.1, 0.15) is 0 Å². The fourth-order valence-electron chi connectivity index (χ4n) is 0. The second-order valence-corrected chi connectivity index (χ2v) is 6.72. The van der Waals surface area contributed by atoms with Gasteiger partial charge in [-0.15, -0.1) is 0 Å². The molecule has 3 N–H and O–H groups in total. The largest absolute Gasteiger partial charge is 0.412 e. The summed E-state index contributed by atoms with van der Waals surface area (Å²) in [5.41, 5.74) is 2.72. The summed E-state index contributed by atoms with van der Waals surface area (Å²) < 4.78 is 18.0. The van der Waals surface area contributed by atoms with Crippen molar-refractivity contribution >= 4 is 13.8 Å². The Balaban J connectivity index is 0.